The molecule has 0 bridgehead atoms. The van der Waals surface area contributed by atoms with E-state index in [9.17, 15) is 0 Å². The highest BCUT2D eigenvalue weighted by Gasteiger charge is 1.98. The van der Waals surface area contributed by atoms with Gasteiger partial charge in [-0.15, -0.1) is 10.2 Å². The smallest absolute Gasteiger partial charge is 0.146 e. The van der Waals surface area contributed by atoms with Gasteiger partial charge in [-0.25, -0.2) is 0 Å². The number of nitrogens with one attached hydrogen (secondary N) is 2. The lowest BCUT2D eigenvalue weighted by Gasteiger charge is -1.97. The van der Waals surface area contributed by atoms with Gasteiger partial charge in [0.1, 0.15) is 11.5 Å². The molecule has 4 N–H and O–H groups in total. The van der Waals surface area contributed by atoms with Crippen LogP contribution in [0.15, 0.2) is 24.4 Å². The van der Waals surface area contributed by atoms with Gasteiger partial charge in [0.2, 0.25) is 0 Å². The fraction of sp³-hybridized carbons (Fsp3) is 0.222. The molecule has 5 heteroatoms. The van der Waals surface area contributed by atoms with Crippen LogP contribution in [0.4, 0.5) is 5.82 Å². The Morgan fingerprint density at radius 1 is 1.57 bits per heavy atom. The maximum atomic E-state index is 7.61. The Labute approximate surface area is 82.5 Å². The van der Waals surface area contributed by atoms with Crippen LogP contribution in [0.5, 0.6) is 0 Å². The third-order valence-electron chi connectivity index (χ3n) is 1.53. The van der Waals surface area contributed by atoms with Gasteiger partial charge < -0.3 is 11.1 Å². The Hall–Kier alpha value is -1.91. The number of nitrogens with zero attached hydrogens (tertiary/aromatic N) is 2. The molecule has 0 aliphatic rings. The summed E-state index contributed by atoms with van der Waals surface area (Å²) in [4.78, 5) is 0. The van der Waals surface area contributed by atoms with Gasteiger partial charge in [-0.1, -0.05) is 0 Å². The summed E-state index contributed by atoms with van der Waals surface area (Å²) < 4.78 is 0. The van der Waals surface area contributed by atoms with Gasteiger partial charge in [0, 0.05) is 6.54 Å². The normalized spacial score (nSPS) is 10.4. The van der Waals surface area contributed by atoms with E-state index < -0.39 is 0 Å². The fourth-order valence-corrected chi connectivity index (χ4v) is 0.832. The van der Waals surface area contributed by atoms with E-state index in [0.717, 1.165) is 6.54 Å². The number of nitrogens with two attached hydrogens (primary N) is 1. The van der Waals surface area contributed by atoms with Crippen molar-refractivity contribution in [1.82, 2.24) is 15.5 Å². The molecular weight excluding hydrogens is 178 g/mol. The molecule has 0 saturated heterocycles. The maximum Gasteiger partial charge on any atom is 0.146 e. The standard InChI is InChI=1S/C9H13N5/c1-2-12-6-5-7(10)8-3-4-9(11)14-13-8/h3-6,10,12H,2H2,1H3,(H2,11,14)/b6-5-,10-7?. The van der Waals surface area contributed by atoms with Crippen LogP contribution in [0.1, 0.15) is 12.6 Å². The molecular formula is C9H13N5. The molecule has 1 heterocycles. The van der Waals surface area contributed by atoms with Crippen molar-refractivity contribution in [2.24, 2.45) is 0 Å². The third kappa shape index (κ3) is 2.85. The first-order valence-electron chi connectivity index (χ1n) is 4.32. The summed E-state index contributed by atoms with van der Waals surface area (Å²) in [5, 5.41) is 18.0. The Bertz CT molecular complexity index is 328. The summed E-state index contributed by atoms with van der Waals surface area (Å²) >= 11 is 0. The molecule has 0 atom stereocenters. The van der Waals surface area contributed by atoms with Crippen LogP contribution in [0.25, 0.3) is 0 Å². The zero-order valence-corrected chi connectivity index (χ0v) is 7.99. The molecule has 0 aliphatic carbocycles. The van der Waals surface area contributed by atoms with E-state index in [1.165, 1.54) is 0 Å². The highest BCUT2D eigenvalue weighted by atomic mass is 15.1. The number of allylic oxidation sites excluding steroid dienone is 1. The van der Waals surface area contributed by atoms with E-state index in [-0.39, 0.29) is 0 Å². The molecule has 1 rings (SSSR count). The number of aromatic nitrogens is 2. The molecule has 1 aromatic rings. The zero-order chi connectivity index (χ0) is 10.4. The molecule has 74 valence electrons. The molecule has 0 amide bonds. The van der Waals surface area contributed by atoms with Gasteiger partial charge in [-0.05, 0) is 31.3 Å². The van der Waals surface area contributed by atoms with Crippen molar-refractivity contribution in [2.45, 2.75) is 6.92 Å². The van der Waals surface area contributed by atoms with E-state index in [2.05, 4.69) is 15.5 Å². The van der Waals surface area contributed by atoms with E-state index in [1.54, 1.807) is 24.4 Å². The van der Waals surface area contributed by atoms with Crippen LogP contribution in [-0.4, -0.2) is 22.5 Å². The predicted octanol–water partition coefficient (Wildman–Crippen LogP) is 0.550. The largest absolute Gasteiger partial charge is 0.391 e. The third-order valence-corrected chi connectivity index (χ3v) is 1.53. The second kappa shape index (κ2) is 4.96. The second-order valence-corrected chi connectivity index (χ2v) is 2.65. The minimum atomic E-state index is 0.304. The maximum absolute atomic E-state index is 7.61. The molecule has 0 saturated carbocycles. The highest BCUT2D eigenvalue weighted by Crippen LogP contribution is 1.98. The first-order valence-corrected chi connectivity index (χ1v) is 4.32. The topological polar surface area (TPSA) is 87.7 Å². The molecule has 14 heavy (non-hydrogen) atoms. The van der Waals surface area contributed by atoms with Gasteiger partial charge in [0.25, 0.3) is 0 Å². The number of nitrogen functional groups attached to an aromatic ring is 1. The predicted molar refractivity (Wildman–Crippen MR) is 56.1 cm³/mol. The lowest BCUT2D eigenvalue weighted by Crippen LogP contribution is -2.06. The summed E-state index contributed by atoms with van der Waals surface area (Å²) in [5.74, 6) is 0.359. The highest BCUT2D eigenvalue weighted by molar-refractivity contribution is 6.04. The van der Waals surface area contributed by atoms with Gasteiger partial charge in [0.05, 0.1) is 5.71 Å². The van der Waals surface area contributed by atoms with Gasteiger partial charge in [0.15, 0.2) is 0 Å². The van der Waals surface area contributed by atoms with Gasteiger partial charge in [-0.2, -0.15) is 0 Å². The van der Waals surface area contributed by atoms with Gasteiger partial charge in [-0.3, -0.25) is 5.41 Å². The zero-order valence-electron chi connectivity index (χ0n) is 7.99. The van der Waals surface area contributed by atoms with Crippen molar-refractivity contribution in [1.29, 1.82) is 5.41 Å². The molecule has 0 aromatic carbocycles. The first-order chi connectivity index (χ1) is 6.74. The number of hydrogen-bond donors (Lipinski definition) is 3. The second-order valence-electron chi connectivity index (χ2n) is 2.65. The van der Waals surface area contributed by atoms with E-state index >= 15 is 0 Å². The summed E-state index contributed by atoms with van der Waals surface area (Å²) in [6.07, 6.45) is 3.34. The van der Waals surface area contributed by atoms with Crippen LogP contribution in [-0.2, 0) is 0 Å². The van der Waals surface area contributed by atoms with Crippen LogP contribution in [0, 0.1) is 5.41 Å². The molecule has 0 aliphatic heterocycles. The fourth-order valence-electron chi connectivity index (χ4n) is 0.832. The van der Waals surface area contributed by atoms with Crippen LogP contribution in [0.3, 0.4) is 0 Å². The lowest BCUT2D eigenvalue weighted by atomic mass is 10.2. The average Bonchev–Trinajstić information content (AvgIpc) is 2.19. The summed E-state index contributed by atoms with van der Waals surface area (Å²) in [6, 6.07) is 3.29. The number of rotatable bonds is 4. The molecule has 0 fully saturated rings. The minimum Gasteiger partial charge on any atom is -0.391 e. The van der Waals surface area contributed by atoms with Crippen LogP contribution >= 0.6 is 0 Å². The van der Waals surface area contributed by atoms with Crippen LogP contribution in [0.2, 0.25) is 0 Å². The van der Waals surface area contributed by atoms with Crippen molar-refractivity contribution in [3.8, 4) is 0 Å². The van der Waals surface area contributed by atoms with Crippen molar-refractivity contribution < 1.29 is 0 Å². The number of anilines is 1. The van der Waals surface area contributed by atoms with Crippen molar-refractivity contribution in [3.63, 3.8) is 0 Å². The quantitative estimate of drug-likeness (QED) is 0.606. The lowest BCUT2D eigenvalue weighted by molar-refractivity contribution is 0.920. The van der Waals surface area contributed by atoms with Crippen LogP contribution < -0.4 is 11.1 Å². The average molecular weight is 191 g/mol. The Kier molecular flexibility index (Phi) is 3.60. The Balaban J connectivity index is 2.65. The summed E-state index contributed by atoms with van der Waals surface area (Å²) in [6.45, 7) is 2.81. The number of hydrogen-bond acceptors (Lipinski definition) is 5. The molecule has 1 aromatic heterocycles. The summed E-state index contributed by atoms with van der Waals surface area (Å²) in [7, 11) is 0. The van der Waals surface area contributed by atoms with Crippen molar-refractivity contribution >= 4 is 11.5 Å². The summed E-state index contributed by atoms with van der Waals surface area (Å²) in [5.41, 5.74) is 6.19. The van der Waals surface area contributed by atoms with E-state index in [4.69, 9.17) is 11.1 Å². The van der Waals surface area contributed by atoms with E-state index in [1.807, 2.05) is 6.92 Å². The SMILES string of the molecule is CCN/C=C\C(=N)c1ccc(N)nn1. The van der Waals surface area contributed by atoms with Crippen molar-refractivity contribution in [2.75, 3.05) is 12.3 Å². The van der Waals surface area contributed by atoms with E-state index in [0.29, 0.717) is 17.2 Å². The Morgan fingerprint density at radius 3 is 2.93 bits per heavy atom. The Morgan fingerprint density at radius 2 is 2.36 bits per heavy atom. The first kappa shape index (κ1) is 10.2. The van der Waals surface area contributed by atoms with Crippen molar-refractivity contribution in [3.05, 3.63) is 30.1 Å². The molecule has 0 unspecified atom stereocenters. The monoisotopic (exact) mass is 191 g/mol. The molecule has 0 spiro atoms. The minimum absolute atomic E-state index is 0.304. The molecule has 5 nitrogen and oxygen atoms in total. The van der Waals surface area contributed by atoms with Gasteiger partial charge >= 0.3 is 0 Å². The molecule has 0 radical (unpaired) electrons.